The van der Waals surface area contributed by atoms with Gasteiger partial charge in [-0.2, -0.15) is 0 Å². The van der Waals surface area contributed by atoms with Crippen molar-refractivity contribution in [2.45, 2.75) is 13.5 Å². The molecule has 23 heavy (non-hydrogen) atoms. The molecule has 0 unspecified atom stereocenters. The van der Waals surface area contributed by atoms with Crippen molar-refractivity contribution >= 4 is 11.5 Å². The number of Topliss-reactive ketones (excluding diaryl/α,β-unsaturated/α-hetero) is 1. The van der Waals surface area contributed by atoms with Crippen LogP contribution in [0.1, 0.15) is 22.8 Å². The van der Waals surface area contributed by atoms with Crippen molar-refractivity contribution in [2.75, 3.05) is 7.11 Å². The maximum Gasteiger partial charge on any atom is 0.311 e. The summed E-state index contributed by atoms with van der Waals surface area (Å²) in [6.45, 7) is 1.32. The van der Waals surface area contributed by atoms with Crippen molar-refractivity contribution in [1.82, 2.24) is 0 Å². The predicted molar refractivity (Wildman–Crippen MR) is 80.4 cm³/mol. The maximum absolute atomic E-state index is 13.3. The summed E-state index contributed by atoms with van der Waals surface area (Å²) in [7, 11) is 1.46. The molecule has 0 aliphatic rings. The standard InChI is InChI=1S/C16H14FNO5/c1-10(19)11-3-6-15(22-2)12(7-11)9-23-16-8-13(17)4-5-14(16)18(20)21/h3-8H,9H2,1-2H3. The SMILES string of the molecule is COc1ccc(C(C)=O)cc1COc1cc(F)ccc1[N+](=O)[O-]. The lowest BCUT2D eigenvalue weighted by molar-refractivity contribution is -0.386. The monoisotopic (exact) mass is 319 g/mol. The summed E-state index contributed by atoms with van der Waals surface area (Å²) in [6.07, 6.45) is 0. The highest BCUT2D eigenvalue weighted by Crippen LogP contribution is 2.29. The van der Waals surface area contributed by atoms with E-state index >= 15 is 0 Å². The van der Waals surface area contributed by atoms with Crippen molar-refractivity contribution in [2.24, 2.45) is 0 Å². The number of halogens is 1. The van der Waals surface area contributed by atoms with E-state index in [-0.39, 0.29) is 23.8 Å². The van der Waals surface area contributed by atoms with Crippen LogP contribution in [-0.4, -0.2) is 17.8 Å². The summed E-state index contributed by atoms with van der Waals surface area (Å²) < 4.78 is 23.8. The van der Waals surface area contributed by atoms with E-state index < -0.39 is 10.7 Å². The molecule has 6 nitrogen and oxygen atoms in total. The molecule has 0 saturated carbocycles. The summed E-state index contributed by atoms with van der Waals surface area (Å²) in [5.74, 6) is -0.500. The van der Waals surface area contributed by atoms with Gasteiger partial charge in [-0.3, -0.25) is 14.9 Å². The van der Waals surface area contributed by atoms with Crippen LogP contribution in [0.2, 0.25) is 0 Å². The molecule has 0 N–H and O–H groups in total. The minimum atomic E-state index is -0.655. The Morgan fingerprint density at radius 1 is 1.22 bits per heavy atom. The molecule has 7 heteroatoms. The minimum Gasteiger partial charge on any atom is -0.496 e. The molecule has 2 rings (SSSR count). The normalized spacial score (nSPS) is 10.2. The smallest absolute Gasteiger partial charge is 0.311 e. The third-order valence-electron chi connectivity index (χ3n) is 3.19. The molecule has 0 bridgehead atoms. The lowest BCUT2D eigenvalue weighted by atomic mass is 10.1. The van der Waals surface area contributed by atoms with Crippen molar-refractivity contribution < 1.29 is 23.6 Å². The fourth-order valence-corrected chi connectivity index (χ4v) is 2.02. The molecule has 0 spiro atoms. The van der Waals surface area contributed by atoms with Gasteiger partial charge in [0.05, 0.1) is 12.0 Å². The Bertz CT molecular complexity index is 760. The first-order valence-corrected chi connectivity index (χ1v) is 6.67. The Kier molecular flexibility index (Phi) is 4.90. The number of carbonyl (C=O) groups excluding carboxylic acids is 1. The molecule has 2 aromatic rings. The molecule has 0 saturated heterocycles. The fraction of sp³-hybridized carbons (Fsp3) is 0.188. The van der Waals surface area contributed by atoms with E-state index in [9.17, 15) is 19.3 Å². The van der Waals surface area contributed by atoms with Crippen molar-refractivity contribution in [3.63, 3.8) is 0 Å². The van der Waals surface area contributed by atoms with Gasteiger partial charge >= 0.3 is 5.69 Å². The van der Waals surface area contributed by atoms with Gasteiger partial charge in [-0.05, 0) is 31.2 Å². The molecule has 0 amide bonds. The van der Waals surface area contributed by atoms with Crippen LogP contribution in [0.25, 0.3) is 0 Å². The number of rotatable bonds is 6. The average Bonchev–Trinajstić information content (AvgIpc) is 2.52. The quantitative estimate of drug-likeness (QED) is 0.462. The minimum absolute atomic E-state index is 0.103. The summed E-state index contributed by atoms with van der Waals surface area (Å²) in [4.78, 5) is 21.7. The van der Waals surface area contributed by atoms with Gasteiger partial charge in [0.2, 0.25) is 0 Å². The first-order chi connectivity index (χ1) is 10.9. The number of hydrogen-bond acceptors (Lipinski definition) is 5. The van der Waals surface area contributed by atoms with Gasteiger partial charge in [-0.15, -0.1) is 0 Å². The van der Waals surface area contributed by atoms with Crippen molar-refractivity contribution in [3.05, 3.63) is 63.5 Å². The fourth-order valence-electron chi connectivity index (χ4n) is 2.02. The van der Waals surface area contributed by atoms with E-state index in [1.165, 1.54) is 14.0 Å². The zero-order chi connectivity index (χ0) is 17.0. The largest absolute Gasteiger partial charge is 0.496 e. The highest BCUT2D eigenvalue weighted by molar-refractivity contribution is 5.94. The second-order valence-electron chi connectivity index (χ2n) is 4.74. The van der Waals surface area contributed by atoms with Gasteiger partial charge in [-0.1, -0.05) is 0 Å². The molecule has 0 atom stereocenters. The van der Waals surface area contributed by atoms with Crippen LogP contribution in [-0.2, 0) is 6.61 Å². The van der Waals surface area contributed by atoms with Crippen LogP contribution in [0, 0.1) is 15.9 Å². The van der Waals surface area contributed by atoms with Crippen LogP contribution < -0.4 is 9.47 Å². The predicted octanol–water partition coefficient (Wildman–Crippen LogP) is 3.52. The lowest BCUT2D eigenvalue weighted by Crippen LogP contribution is -2.03. The lowest BCUT2D eigenvalue weighted by Gasteiger charge is -2.11. The second kappa shape index (κ2) is 6.87. The second-order valence-corrected chi connectivity index (χ2v) is 4.74. The molecule has 0 radical (unpaired) electrons. The zero-order valence-electron chi connectivity index (χ0n) is 12.5. The van der Waals surface area contributed by atoms with Gasteiger partial charge in [0, 0.05) is 23.3 Å². The Labute approximate surface area is 131 Å². The number of nitro benzene ring substituents is 1. The number of ketones is 1. The topological polar surface area (TPSA) is 78.7 Å². The molecule has 0 fully saturated rings. The Morgan fingerprint density at radius 2 is 1.96 bits per heavy atom. The third kappa shape index (κ3) is 3.82. The molecule has 120 valence electrons. The molecular weight excluding hydrogens is 305 g/mol. The van der Waals surface area contributed by atoms with E-state index in [1.54, 1.807) is 18.2 Å². The van der Waals surface area contributed by atoms with E-state index in [4.69, 9.17) is 9.47 Å². The number of nitrogens with zero attached hydrogens (tertiary/aromatic N) is 1. The molecule has 0 heterocycles. The van der Waals surface area contributed by atoms with E-state index in [1.807, 2.05) is 0 Å². The summed E-state index contributed by atoms with van der Waals surface area (Å²) in [5.41, 5.74) is 0.644. The van der Waals surface area contributed by atoms with Gasteiger partial charge < -0.3 is 9.47 Å². The number of benzene rings is 2. The van der Waals surface area contributed by atoms with E-state index in [2.05, 4.69) is 0 Å². The van der Waals surface area contributed by atoms with E-state index in [0.717, 1.165) is 18.2 Å². The highest BCUT2D eigenvalue weighted by Gasteiger charge is 2.17. The van der Waals surface area contributed by atoms with Crippen molar-refractivity contribution in [1.29, 1.82) is 0 Å². The Balaban J connectivity index is 2.30. The summed E-state index contributed by atoms with van der Waals surface area (Å²) in [6, 6.07) is 7.76. The van der Waals surface area contributed by atoms with Gasteiger partial charge in [0.1, 0.15) is 18.2 Å². The summed E-state index contributed by atoms with van der Waals surface area (Å²) >= 11 is 0. The van der Waals surface area contributed by atoms with Crippen LogP contribution in [0.15, 0.2) is 36.4 Å². The Hall–Kier alpha value is -2.96. The van der Waals surface area contributed by atoms with Crippen LogP contribution in [0.4, 0.5) is 10.1 Å². The number of methoxy groups -OCH3 is 1. The number of carbonyl (C=O) groups is 1. The average molecular weight is 319 g/mol. The molecule has 0 aliphatic carbocycles. The summed E-state index contributed by atoms with van der Waals surface area (Å²) in [5, 5.41) is 10.9. The molecular formula is C16H14FNO5. The van der Waals surface area contributed by atoms with Gasteiger partial charge in [0.15, 0.2) is 11.5 Å². The third-order valence-corrected chi connectivity index (χ3v) is 3.19. The van der Waals surface area contributed by atoms with Crippen LogP contribution >= 0.6 is 0 Å². The highest BCUT2D eigenvalue weighted by atomic mass is 19.1. The maximum atomic E-state index is 13.3. The Morgan fingerprint density at radius 3 is 2.57 bits per heavy atom. The first-order valence-electron chi connectivity index (χ1n) is 6.67. The van der Waals surface area contributed by atoms with E-state index in [0.29, 0.717) is 16.9 Å². The molecule has 0 aliphatic heterocycles. The first kappa shape index (κ1) is 16.4. The number of ether oxygens (including phenoxy) is 2. The van der Waals surface area contributed by atoms with Crippen LogP contribution in [0.5, 0.6) is 11.5 Å². The van der Waals surface area contributed by atoms with Gasteiger partial charge in [0.25, 0.3) is 0 Å². The number of hydrogen-bond donors (Lipinski definition) is 0. The van der Waals surface area contributed by atoms with Crippen molar-refractivity contribution in [3.8, 4) is 11.5 Å². The molecule has 0 aromatic heterocycles. The molecule has 2 aromatic carbocycles. The van der Waals surface area contributed by atoms with Gasteiger partial charge in [-0.25, -0.2) is 4.39 Å². The van der Waals surface area contributed by atoms with Crippen LogP contribution in [0.3, 0.4) is 0 Å². The zero-order valence-corrected chi connectivity index (χ0v) is 12.5. The number of nitro groups is 1.